The second-order valence-electron chi connectivity index (χ2n) is 3.32. The summed E-state index contributed by atoms with van der Waals surface area (Å²) in [6, 6.07) is 1.86. The molecule has 0 aliphatic heterocycles. The number of rotatable bonds is 2. The highest BCUT2D eigenvalue weighted by atomic mass is 16.5. The molecule has 82 valence electrons. The number of esters is 1. The summed E-state index contributed by atoms with van der Waals surface area (Å²) in [7, 11) is 3.22. The summed E-state index contributed by atoms with van der Waals surface area (Å²) in [5.74, 6) is -0.388. The molecular formula is C11H11N3O2. The Hall–Kier alpha value is -2.17. The van der Waals surface area contributed by atoms with Crippen molar-refractivity contribution in [3.05, 3.63) is 30.2 Å². The lowest BCUT2D eigenvalue weighted by Gasteiger charge is -1.95. The maximum absolute atomic E-state index is 10.9. The molecule has 0 aliphatic rings. The van der Waals surface area contributed by atoms with E-state index in [0.29, 0.717) is 0 Å². The Bertz CT molecular complexity index is 557. The molecular weight excluding hydrogens is 206 g/mol. The van der Waals surface area contributed by atoms with Crippen molar-refractivity contribution in [1.82, 2.24) is 14.5 Å². The summed E-state index contributed by atoms with van der Waals surface area (Å²) in [5.41, 5.74) is 2.43. The molecule has 0 unspecified atom stereocenters. The Balaban J connectivity index is 2.33. The number of fused-ring (bicyclic) bond motifs is 1. The standard InChI is InChI=1S/C11H11N3O2/c1-14-7-13-9-5-8(6-12-11(9)14)3-4-10(15)16-2/h3-7H,1-2H3. The first-order valence-corrected chi connectivity index (χ1v) is 4.74. The van der Waals surface area contributed by atoms with Crippen LogP contribution in [0.1, 0.15) is 5.56 Å². The minimum Gasteiger partial charge on any atom is -0.466 e. The molecule has 0 spiro atoms. The van der Waals surface area contributed by atoms with E-state index >= 15 is 0 Å². The Labute approximate surface area is 92.4 Å². The number of aryl methyl sites for hydroxylation is 1. The van der Waals surface area contributed by atoms with Crippen LogP contribution in [0, 0.1) is 0 Å². The summed E-state index contributed by atoms with van der Waals surface area (Å²) in [6.07, 6.45) is 6.38. The first kappa shape index (κ1) is 10.4. The topological polar surface area (TPSA) is 57.0 Å². The molecule has 5 nitrogen and oxygen atoms in total. The molecule has 2 aromatic heterocycles. The zero-order valence-corrected chi connectivity index (χ0v) is 9.04. The van der Waals surface area contributed by atoms with E-state index in [1.165, 1.54) is 13.2 Å². The van der Waals surface area contributed by atoms with Crippen LogP contribution in [0.3, 0.4) is 0 Å². The van der Waals surface area contributed by atoms with Crippen LogP contribution in [0.25, 0.3) is 17.2 Å². The summed E-state index contributed by atoms with van der Waals surface area (Å²) >= 11 is 0. The quantitative estimate of drug-likeness (QED) is 0.559. The van der Waals surface area contributed by atoms with Crippen molar-refractivity contribution < 1.29 is 9.53 Å². The fourth-order valence-corrected chi connectivity index (χ4v) is 1.36. The van der Waals surface area contributed by atoms with Crippen LogP contribution >= 0.6 is 0 Å². The maximum atomic E-state index is 10.9. The highest BCUT2D eigenvalue weighted by Crippen LogP contribution is 2.11. The summed E-state index contributed by atoms with van der Waals surface area (Å²) in [5, 5.41) is 0. The van der Waals surface area contributed by atoms with Crippen LogP contribution in [0.5, 0.6) is 0 Å². The van der Waals surface area contributed by atoms with Gasteiger partial charge in [0.15, 0.2) is 5.65 Å². The number of hydrogen-bond acceptors (Lipinski definition) is 4. The smallest absolute Gasteiger partial charge is 0.330 e. The van der Waals surface area contributed by atoms with Crippen molar-refractivity contribution in [2.45, 2.75) is 0 Å². The molecule has 0 saturated heterocycles. The van der Waals surface area contributed by atoms with E-state index in [0.717, 1.165) is 16.7 Å². The molecule has 2 rings (SSSR count). The van der Waals surface area contributed by atoms with Gasteiger partial charge in [-0.05, 0) is 17.7 Å². The Morgan fingerprint density at radius 1 is 1.50 bits per heavy atom. The lowest BCUT2D eigenvalue weighted by atomic mass is 10.2. The molecule has 0 amide bonds. The average Bonchev–Trinajstić information content (AvgIpc) is 2.67. The van der Waals surface area contributed by atoms with Gasteiger partial charge in [0, 0.05) is 19.3 Å². The molecule has 16 heavy (non-hydrogen) atoms. The predicted molar refractivity (Wildman–Crippen MR) is 59.6 cm³/mol. The van der Waals surface area contributed by atoms with E-state index in [2.05, 4.69) is 14.7 Å². The summed E-state index contributed by atoms with van der Waals surface area (Å²) < 4.78 is 6.33. The molecule has 0 N–H and O–H groups in total. The third-order valence-corrected chi connectivity index (χ3v) is 2.19. The van der Waals surface area contributed by atoms with Crippen LogP contribution < -0.4 is 0 Å². The third kappa shape index (κ3) is 1.93. The first-order valence-electron chi connectivity index (χ1n) is 4.74. The van der Waals surface area contributed by atoms with Gasteiger partial charge in [-0.25, -0.2) is 14.8 Å². The molecule has 0 aromatic carbocycles. The molecule has 2 heterocycles. The summed E-state index contributed by atoms with van der Waals surface area (Å²) in [6.45, 7) is 0. The normalized spacial score (nSPS) is 11.1. The van der Waals surface area contributed by atoms with Crippen molar-refractivity contribution in [3.8, 4) is 0 Å². The van der Waals surface area contributed by atoms with Crippen LogP contribution in [0.15, 0.2) is 24.7 Å². The molecule has 0 fully saturated rings. The van der Waals surface area contributed by atoms with E-state index in [4.69, 9.17) is 0 Å². The second-order valence-corrected chi connectivity index (χ2v) is 3.32. The zero-order valence-electron chi connectivity index (χ0n) is 9.04. The molecule has 0 bridgehead atoms. The Kier molecular flexibility index (Phi) is 2.68. The van der Waals surface area contributed by atoms with Gasteiger partial charge in [-0.1, -0.05) is 0 Å². The number of aromatic nitrogens is 3. The van der Waals surface area contributed by atoms with Crippen LogP contribution in [0.2, 0.25) is 0 Å². The molecule has 5 heteroatoms. The lowest BCUT2D eigenvalue weighted by Crippen LogP contribution is -1.93. The number of imidazole rings is 1. The van der Waals surface area contributed by atoms with Gasteiger partial charge < -0.3 is 9.30 Å². The van der Waals surface area contributed by atoms with E-state index in [-0.39, 0.29) is 5.97 Å². The largest absolute Gasteiger partial charge is 0.466 e. The Morgan fingerprint density at radius 3 is 3.06 bits per heavy atom. The fourth-order valence-electron chi connectivity index (χ4n) is 1.36. The highest BCUT2D eigenvalue weighted by Gasteiger charge is 2.01. The molecule has 2 aromatic rings. The number of carbonyl (C=O) groups is 1. The Morgan fingerprint density at radius 2 is 2.31 bits per heavy atom. The molecule has 0 radical (unpaired) electrons. The van der Waals surface area contributed by atoms with Gasteiger partial charge in [0.05, 0.1) is 13.4 Å². The lowest BCUT2D eigenvalue weighted by molar-refractivity contribution is -0.134. The highest BCUT2D eigenvalue weighted by molar-refractivity contribution is 5.87. The molecule has 0 aliphatic carbocycles. The van der Waals surface area contributed by atoms with Gasteiger partial charge in [0.1, 0.15) is 5.52 Å². The van der Waals surface area contributed by atoms with Gasteiger partial charge in [0.2, 0.25) is 0 Å². The van der Waals surface area contributed by atoms with E-state index in [1.54, 1.807) is 18.6 Å². The minimum absolute atomic E-state index is 0.388. The summed E-state index contributed by atoms with van der Waals surface area (Å²) in [4.78, 5) is 19.3. The van der Waals surface area contributed by atoms with Crippen LogP contribution in [-0.4, -0.2) is 27.6 Å². The van der Waals surface area contributed by atoms with Gasteiger partial charge in [-0.3, -0.25) is 0 Å². The zero-order chi connectivity index (χ0) is 11.5. The van der Waals surface area contributed by atoms with Gasteiger partial charge >= 0.3 is 5.97 Å². The van der Waals surface area contributed by atoms with Crippen LogP contribution in [-0.2, 0) is 16.6 Å². The minimum atomic E-state index is -0.388. The monoisotopic (exact) mass is 217 g/mol. The first-order chi connectivity index (χ1) is 7.70. The van der Waals surface area contributed by atoms with Crippen LogP contribution in [0.4, 0.5) is 0 Å². The van der Waals surface area contributed by atoms with E-state index in [9.17, 15) is 4.79 Å². The number of methoxy groups -OCH3 is 1. The van der Waals surface area contributed by atoms with Gasteiger partial charge in [-0.2, -0.15) is 0 Å². The fraction of sp³-hybridized carbons (Fsp3) is 0.182. The number of nitrogens with zero attached hydrogens (tertiary/aromatic N) is 3. The molecule has 0 saturated carbocycles. The predicted octanol–water partition coefficient (Wildman–Crippen LogP) is 1.15. The van der Waals surface area contributed by atoms with E-state index < -0.39 is 0 Å². The van der Waals surface area contributed by atoms with Crippen molar-refractivity contribution in [2.75, 3.05) is 7.11 Å². The number of ether oxygens (including phenoxy) is 1. The third-order valence-electron chi connectivity index (χ3n) is 2.19. The average molecular weight is 217 g/mol. The molecule has 0 atom stereocenters. The second kappa shape index (κ2) is 4.14. The van der Waals surface area contributed by atoms with Crippen molar-refractivity contribution in [1.29, 1.82) is 0 Å². The number of pyridine rings is 1. The van der Waals surface area contributed by atoms with Crippen molar-refractivity contribution in [2.24, 2.45) is 7.05 Å². The maximum Gasteiger partial charge on any atom is 0.330 e. The van der Waals surface area contributed by atoms with Crippen molar-refractivity contribution in [3.63, 3.8) is 0 Å². The number of hydrogen-bond donors (Lipinski definition) is 0. The SMILES string of the molecule is COC(=O)C=Cc1cnc2c(c1)ncn2C. The van der Waals surface area contributed by atoms with Gasteiger partial charge in [0.25, 0.3) is 0 Å². The van der Waals surface area contributed by atoms with Gasteiger partial charge in [-0.15, -0.1) is 0 Å². The van der Waals surface area contributed by atoms with Crippen molar-refractivity contribution >= 4 is 23.2 Å². The van der Waals surface area contributed by atoms with E-state index in [1.807, 2.05) is 17.7 Å². The number of carbonyl (C=O) groups excluding carboxylic acids is 1.